The number of Topliss-reactive ketones (excluding diaryl/α,β-unsaturated/α-hetero) is 1. The normalized spacial score (nSPS) is 20.6. The number of rotatable bonds is 7. The predicted molar refractivity (Wildman–Crippen MR) is 160 cm³/mol. The van der Waals surface area contributed by atoms with Gasteiger partial charge in [-0.2, -0.15) is 0 Å². The molecule has 212 valence electrons. The molecule has 0 radical (unpaired) electrons. The molecule has 0 saturated carbocycles. The van der Waals surface area contributed by atoms with Crippen LogP contribution in [0.2, 0.25) is 10.0 Å². The molecule has 5 rings (SSSR count). The van der Waals surface area contributed by atoms with Gasteiger partial charge in [0.2, 0.25) is 0 Å². The quantitative estimate of drug-likeness (QED) is 0.238. The van der Waals surface area contributed by atoms with Gasteiger partial charge in [-0.1, -0.05) is 41.4 Å². The van der Waals surface area contributed by atoms with Crippen LogP contribution in [0.15, 0.2) is 88.7 Å². The lowest BCUT2D eigenvalue weighted by molar-refractivity contribution is -0.152. The molecule has 1 aliphatic heterocycles. The second kappa shape index (κ2) is 12.1. The van der Waals surface area contributed by atoms with Gasteiger partial charge >= 0.3 is 11.9 Å². The van der Waals surface area contributed by atoms with Crippen LogP contribution in [-0.4, -0.2) is 30.9 Å². The summed E-state index contributed by atoms with van der Waals surface area (Å²) in [6.45, 7) is 3.63. The molecule has 3 atom stereocenters. The van der Waals surface area contributed by atoms with Crippen molar-refractivity contribution >= 4 is 57.9 Å². The van der Waals surface area contributed by atoms with Crippen molar-refractivity contribution in [2.45, 2.75) is 32.1 Å². The first-order valence-corrected chi connectivity index (χ1v) is 14.9. The summed E-state index contributed by atoms with van der Waals surface area (Å²) in [6.07, 6.45) is 0.293. The molecule has 2 aliphatic rings. The van der Waals surface area contributed by atoms with Crippen molar-refractivity contribution in [3.63, 3.8) is 0 Å². The number of benzene rings is 2. The number of nitrogens with two attached hydrogens (primary N) is 1. The summed E-state index contributed by atoms with van der Waals surface area (Å²) < 4.78 is 10.9. The predicted octanol–water partition coefficient (Wildman–Crippen LogP) is 6.58. The Morgan fingerprint density at radius 1 is 1.00 bits per heavy atom. The SMILES string of the molecule is CCOC(=O)C1=C(N)N(c2ccc(Cl)cc2)C2=C(C(=O)[C@H](C(=O)OCC)[C@H](c3cccs3)C2)[C@H]1c1cccc(Cl)c1. The summed E-state index contributed by atoms with van der Waals surface area (Å²) >= 11 is 14.1. The Morgan fingerprint density at radius 3 is 2.37 bits per heavy atom. The summed E-state index contributed by atoms with van der Waals surface area (Å²) in [6, 6.07) is 17.7. The summed E-state index contributed by atoms with van der Waals surface area (Å²) in [5.74, 6) is -4.09. The van der Waals surface area contributed by atoms with E-state index >= 15 is 0 Å². The molecule has 10 heteroatoms. The molecule has 0 bridgehead atoms. The second-order valence-electron chi connectivity index (χ2n) is 9.60. The van der Waals surface area contributed by atoms with E-state index in [1.54, 1.807) is 67.3 Å². The molecule has 0 spiro atoms. The zero-order chi connectivity index (χ0) is 29.3. The monoisotopic (exact) mass is 610 g/mol. The minimum atomic E-state index is -1.11. The van der Waals surface area contributed by atoms with Crippen LogP contribution in [0, 0.1) is 5.92 Å². The molecule has 0 saturated heterocycles. The van der Waals surface area contributed by atoms with Gasteiger partial charge in [-0.25, -0.2) is 4.79 Å². The summed E-state index contributed by atoms with van der Waals surface area (Å²) in [5.41, 5.74) is 9.01. The van der Waals surface area contributed by atoms with Gasteiger partial charge in [0, 0.05) is 37.8 Å². The van der Waals surface area contributed by atoms with E-state index in [4.69, 9.17) is 38.4 Å². The third-order valence-corrected chi connectivity index (χ3v) is 8.74. The van der Waals surface area contributed by atoms with Gasteiger partial charge in [0.1, 0.15) is 11.7 Å². The maximum Gasteiger partial charge on any atom is 0.338 e. The second-order valence-corrected chi connectivity index (χ2v) is 11.5. The highest BCUT2D eigenvalue weighted by Crippen LogP contribution is 2.52. The van der Waals surface area contributed by atoms with Crippen molar-refractivity contribution in [2.24, 2.45) is 11.7 Å². The van der Waals surface area contributed by atoms with Crippen LogP contribution in [0.4, 0.5) is 5.69 Å². The number of carbonyl (C=O) groups is 3. The average molecular weight is 612 g/mol. The Bertz CT molecular complexity index is 1550. The molecule has 2 aromatic carbocycles. The zero-order valence-electron chi connectivity index (χ0n) is 22.4. The number of nitrogens with zero attached hydrogens (tertiary/aromatic N) is 1. The van der Waals surface area contributed by atoms with Gasteiger partial charge < -0.3 is 15.2 Å². The molecule has 1 aromatic heterocycles. The first-order valence-electron chi connectivity index (χ1n) is 13.2. The van der Waals surface area contributed by atoms with Gasteiger partial charge in [-0.05, 0) is 73.7 Å². The number of hydrogen-bond donors (Lipinski definition) is 1. The molecular formula is C31H28Cl2N2O5S. The van der Waals surface area contributed by atoms with Crippen molar-refractivity contribution in [2.75, 3.05) is 18.1 Å². The van der Waals surface area contributed by atoms with Gasteiger partial charge in [-0.15, -0.1) is 11.3 Å². The number of hydrogen-bond acceptors (Lipinski definition) is 8. The maximum absolute atomic E-state index is 14.7. The van der Waals surface area contributed by atoms with Crippen LogP contribution < -0.4 is 10.6 Å². The highest BCUT2D eigenvalue weighted by molar-refractivity contribution is 7.10. The molecule has 7 nitrogen and oxygen atoms in total. The lowest BCUT2D eigenvalue weighted by Gasteiger charge is -2.43. The van der Waals surface area contributed by atoms with Crippen LogP contribution >= 0.6 is 34.5 Å². The smallest absolute Gasteiger partial charge is 0.338 e. The van der Waals surface area contributed by atoms with Gasteiger partial charge in [0.15, 0.2) is 5.78 Å². The lowest BCUT2D eigenvalue weighted by Crippen LogP contribution is -2.46. The third kappa shape index (κ3) is 5.39. The first kappa shape index (κ1) is 28.9. The molecule has 0 unspecified atom stereocenters. The average Bonchev–Trinajstić information content (AvgIpc) is 3.48. The molecule has 41 heavy (non-hydrogen) atoms. The van der Waals surface area contributed by atoms with Crippen LogP contribution in [-0.2, 0) is 23.9 Å². The number of ether oxygens (including phenoxy) is 2. The summed E-state index contributed by atoms with van der Waals surface area (Å²) in [4.78, 5) is 44.3. The van der Waals surface area contributed by atoms with Crippen molar-refractivity contribution < 1.29 is 23.9 Å². The van der Waals surface area contributed by atoms with Gasteiger partial charge in [0.25, 0.3) is 0 Å². The highest BCUT2D eigenvalue weighted by atomic mass is 35.5. The van der Waals surface area contributed by atoms with E-state index < -0.39 is 35.5 Å². The first-order chi connectivity index (χ1) is 19.8. The molecule has 1 aliphatic carbocycles. The number of esters is 2. The van der Waals surface area contributed by atoms with E-state index in [2.05, 4.69) is 0 Å². The van der Waals surface area contributed by atoms with Crippen LogP contribution in [0.1, 0.15) is 42.5 Å². The number of ketones is 1. The molecule has 3 aromatic rings. The van der Waals surface area contributed by atoms with E-state index in [1.165, 1.54) is 11.3 Å². The summed E-state index contributed by atoms with van der Waals surface area (Å²) in [7, 11) is 0. The third-order valence-electron chi connectivity index (χ3n) is 7.25. The van der Waals surface area contributed by atoms with Gasteiger partial charge in [0.05, 0.1) is 24.7 Å². The van der Waals surface area contributed by atoms with E-state index in [1.807, 2.05) is 17.5 Å². The zero-order valence-corrected chi connectivity index (χ0v) is 24.8. The Morgan fingerprint density at radius 2 is 1.73 bits per heavy atom. The highest BCUT2D eigenvalue weighted by Gasteiger charge is 2.51. The number of halogens is 2. The fourth-order valence-electron chi connectivity index (χ4n) is 5.61. The molecule has 2 N–H and O–H groups in total. The van der Waals surface area contributed by atoms with Gasteiger partial charge in [-0.3, -0.25) is 14.5 Å². The fourth-order valence-corrected chi connectivity index (χ4v) is 6.80. The minimum Gasteiger partial charge on any atom is -0.465 e. The largest absolute Gasteiger partial charge is 0.465 e. The number of anilines is 1. The van der Waals surface area contributed by atoms with E-state index in [0.29, 0.717) is 33.4 Å². The van der Waals surface area contributed by atoms with Crippen molar-refractivity contribution in [3.8, 4) is 0 Å². The topological polar surface area (TPSA) is 98.9 Å². The Balaban J connectivity index is 1.82. The maximum atomic E-state index is 14.7. The minimum absolute atomic E-state index is 0.0911. The van der Waals surface area contributed by atoms with Crippen molar-refractivity contribution in [1.29, 1.82) is 0 Å². The van der Waals surface area contributed by atoms with E-state index in [9.17, 15) is 14.4 Å². The van der Waals surface area contributed by atoms with Crippen LogP contribution in [0.5, 0.6) is 0 Å². The molecule has 0 fully saturated rings. The Hall–Kier alpha value is -3.59. The van der Waals surface area contributed by atoms with Crippen molar-refractivity contribution in [1.82, 2.24) is 0 Å². The number of carbonyl (C=O) groups excluding carboxylic acids is 3. The molecule has 0 amide bonds. The standard InChI is InChI=1S/C31H28Cl2N2O5S/c1-3-39-30(37)25-21(23-9-6-14-41-23)16-22-26(28(25)36)24(17-7-5-8-19(33)15-17)27(31(38)40-4-2)29(34)35(22)20-12-10-18(32)11-13-20/h5-15,21,24-25H,3-4,16,34H2,1-2H3/t21-,24+,25+/m0/s1. The van der Waals surface area contributed by atoms with Crippen LogP contribution in [0.3, 0.4) is 0 Å². The van der Waals surface area contributed by atoms with Crippen molar-refractivity contribution in [3.05, 3.63) is 109 Å². The number of thiophene rings is 1. The molecule has 2 heterocycles. The fraction of sp³-hybridized carbons (Fsp3) is 0.258. The summed E-state index contributed by atoms with van der Waals surface area (Å²) in [5, 5.41) is 2.85. The van der Waals surface area contributed by atoms with Crippen LogP contribution in [0.25, 0.3) is 0 Å². The van der Waals surface area contributed by atoms with E-state index in [-0.39, 0.29) is 30.2 Å². The Labute approximate surface area is 252 Å². The lowest BCUT2D eigenvalue weighted by atomic mass is 9.68. The number of allylic oxidation sites excluding steroid dienone is 2. The Kier molecular flexibility index (Phi) is 8.54. The van der Waals surface area contributed by atoms with E-state index in [0.717, 1.165) is 4.88 Å². The molecular weight excluding hydrogens is 583 g/mol.